The lowest BCUT2D eigenvalue weighted by Crippen LogP contribution is -2.23. The zero-order valence-corrected chi connectivity index (χ0v) is 19.6. The third-order valence-corrected chi connectivity index (χ3v) is 8.12. The van der Waals surface area contributed by atoms with Crippen LogP contribution in [0.4, 0.5) is 0 Å². The van der Waals surface area contributed by atoms with Crippen molar-refractivity contribution in [2.24, 2.45) is 5.92 Å². The standard InChI is InChI=1S/C22H21ClN4O2S2/c1-3-27-21(29)18-13-6-4-11(2)8-16(13)31-20(18)26-22(27)30-10-17-24-15-7-5-12(23)9-14(15)19(28)25-17/h5,7,9,11H,3-4,6,8,10H2,1-2H3,(H,24,25,28). The van der Waals surface area contributed by atoms with E-state index in [1.54, 1.807) is 34.1 Å². The van der Waals surface area contributed by atoms with Gasteiger partial charge < -0.3 is 4.98 Å². The second kappa shape index (κ2) is 8.07. The Labute approximate surface area is 191 Å². The maximum Gasteiger partial charge on any atom is 0.263 e. The van der Waals surface area contributed by atoms with Crippen LogP contribution in [0.3, 0.4) is 0 Å². The molecule has 1 aliphatic rings. The molecule has 3 aromatic heterocycles. The molecule has 31 heavy (non-hydrogen) atoms. The lowest BCUT2D eigenvalue weighted by atomic mass is 9.89. The van der Waals surface area contributed by atoms with Crippen molar-refractivity contribution in [1.29, 1.82) is 0 Å². The summed E-state index contributed by atoms with van der Waals surface area (Å²) in [4.78, 5) is 40.1. The molecule has 0 saturated heterocycles. The van der Waals surface area contributed by atoms with Gasteiger partial charge in [0.15, 0.2) is 5.16 Å². The predicted octanol–water partition coefficient (Wildman–Crippen LogP) is 4.78. The van der Waals surface area contributed by atoms with E-state index in [9.17, 15) is 9.59 Å². The van der Waals surface area contributed by atoms with E-state index in [1.807, 2.05) is 6.92 Å². The summed E-state index contributed by atoms with van der Waals surface area (Å²) in [6, 6.07) is 5.07. The molecule has 0 amide bonds. The van der Waals surface area contributed by atoms with Crippen LogP contribution in [-0.4, -0.2) is 19.5 Å². The number of nitrogens with one attached hydrogen (secondary N) is 1. The highest BCUT2D eigenvalue weighted by atomic mass is 35.5. The summed E-state index contributed by atoms with van der Waals surface area (Å²) < 4.78 is 1.73. The Kier molecular flexibility index (Phi) is 5.40. The van der Waals surface area contributed by atoms with Gasteiger partial charge in [0, 0.05) is 16.4 Å². The number of hydrogen-bond donors (Lipinski definition) is 1. The van der Waals surface area contributed by atoms with Gasteiger partial charge in [0.1, 0.15) is 10.7 Å². The SMILES string of the molecule is CCn1c(SCc2nc3ccc(Cl)cc3c(=O)[nH]2)nc2sc3c(c2c1=O)CCC(C)C3. The second-order valence-electron chi connectivity index (χ2n) is 7.94. The molecule has 1 aromatic carbocycles. The molecule has 0 fully saturated rings. The van der Waals surface area contributed by atoms with Crippen LogP contribution in [0.25, 0.3) is 21.1 Å². The summed E-state index contributed by atoms with van der Waals surface area (Å²) in [5, 5.41) is 2.42. The van der Waals surface area contributed by atoms with E-state index in [0.717, 1.165) is 29.5 Å². The first-order valence-electron chi connectivity index (χ1n) is 10.3. The first-order valence-corrected chi connectivity index (χ1v) is 12.5. The maximum absolute atomic E-state index is 13.3. The Morgan fingerprint density at radius 3 is 2.97 bits per heavy atom. The number of rotatable bonds is 4. The number of thiophene rings is 1. The Hall–Kier alpha value is -2.16. The van der Waals surface area contributed by atoms with E-state index in [1.165, 1.54) is 22.2 Å². The molecule has 0 bridgehead atoms. The fraction of sp³-hybridized carbons (Fsp3) is 0.364. The molecule has 4 aromatic rings. The van der Waals surface area contributed by atoms with Crippen molar-refractivity contribution in [2.75, 3.05) is 0 Å². The number of fused-ring (bicyclic) bond motifs is 4. The number of H-pyrrole nitrogens is 1. The highest BCUT2D eigenvalue weighted by Gasteiger charge is 2.24. The Morgan fingerprint density at radius 1 is 1.32 bits per heavy atom. The number of aryl methyl sites for hydroxylation is 1. The monoisotopic (exact) mass is 472 g/mol. The Balaban J connectivity index is 1.52. The normalized spacial score (nSPS) is 16.2. The lowest BCUT2D eigenvalue weighted by Gasteiger charge is -2.17. The van der Waals surface area contributed by atoms with Crippen molar-refractivity contribution in [3.05, 3.63) is 60.2 Å². The summed E-state index contributed by atoms with van der Waals surface area (Å²) in [6.45, 7) is 4.77. The van der Waals surface area contributed by atoms with Gasteiger partial charge in [-0.2, -0.15) is 0 Å². The number of halogens is 1. The van der Waals surface area contributed by atoms with Crippen LogP contribution in [0.2, 0.25) is 5.02 Å². The highest BCUT2D eigenvalue weighted by Crippen LogP contribution is 2.36. The minimum atomic E-state index is -0.223. The molecular weight excluding hydrogens is 452 g/mol. The fourth-order valence-electron chi connectivity index (χ4n) is 4.15. The van der Waals surface area contributed by atoms with Crippen LogP contribution in [0.5, 0.6) is 0 Å². The molecular formula is C22H21ClN4O2S2. The second-order valence-corrected chi connectivity index (χ2v) is 10.4. The van der Waals surface area contributed by atoms with E-state index < -0.39 is 0 Å². The molecule has 1 N–H and O–H groups in total. The smallest absolute Gasteiger partial charge is 0.263 e. The lowest BCUT2D eigenvalue weighted by molar-refractivity contribution is 0.509. The molecule has 0 radical (unpaired) electrons. The van der Waals surface area contributed by atoms with Gasteiger partial charge in [0.25, 0.3) is 11.1 Å². The minimum Gasteiger partial charge on any atom is -0.309 e. The number of nitrogens with zero attached hydrogens (tertiary/aromatic N) is 3. The van der Waals surface area contributed by atoms with E-state index in [-0.39, 0.29) is 11.1 Å². The molecule has 6 nitrogen and oxygen atoms in total. The van der Waals surface area contributed by atoms with Crippen LogP contribution in [-0.2, 0) is 25.1 Å². The molecule has 9 heteroatoms. The van der Waals surface area contributed by atoms with Crippen molar-refractivity contribution in [2.45, 2.75) is 50.6 Å². The topological polar surface area (TPSA) is 80.6 Å². The van der Waals surface area contributed by atoms with Crippen molar-refractivity contribution in [3.63, 3.8) is 0 Å². The Bertz CT molecular complexity index is 1440. The molecule has 160 valence electrons. The van der Waals surface area contributed by atoms with E-state index in [2.05, 4.69) is 16.9 Å². The quantitative estimate of drug-likeness (QED) is 0.341. The molecule has 0 spiro atoms. The molecule has 1 atom stereocenters. The average molecular weight is 473 g/mol. The van der Waals surface area contributed by atoms with Gasteiger partial charge in [-0.3, -0.25) is 14.2 Å². The van der Waals surface area contributed by atoms with Crippen molar-refractivity contribution in [3.8, 4) is 0 Å². The highest BCUT2D eigenvalue weighted by molar-refractivity contribution is 7.98. The summed E-state index contributed by atoms with van der Waals surface area (Å²) in [7, 11) is 0. The van der Waals surface area contributed by atoms with Crippen LogP contribution in [0.1, 0.15) is 36.5 Å². The summed E-state index contributed by atoms with van der Waals surface area (Å²) >= 11 is 9.06. The van der Waals surface area contributed by atoms with Gasteiger partial charge >= 0.3 is 0 Å². The number of aromatic nitrogens is 4. The average Bonchev–Trinajstić information content (AvgIpc) is 3.10. The van der Waals surface area contributed by atoms with Crippen molar-refractivity contribution in [1.82, 2.24) is 19.5 Å². The molecule has 1 unspecified atom stereocenters. The van der Waals surface area contributed by atoms with Crippen LogP contribution >= 0.6 is 34.7 Å². The van der Waals surface area contributed by atoms with Gasteiger partial charge in [0.05, 0.1) is 22.0 Å². The summed E-state index contributed by atoms with van der Waals surface area (Å²) in [5.41, 5.74) is 1.62. The van der Waals surface area contributed by atoms with Crippen LogP contribution in [0.15, 0.2) is 32.9 Å². The number of aromatic amines is 1. The fourth-order valence-corrected chi connectivity index (χ4v) is 6.68. The molecule has 0 saturated carbocycles. The number of benzene rings is 1. The third kappa shape index (κ3) is 3.70. The molecule has 5 rings (SSSR count). The van der Waals surface area contributed by atoms with Gasteiger partial charge in [-0.15, -0.1) is 11.3 Å². The van der Waals surface area contributed by atoms with Gasteiger partial charge in [-0.05, 0) is 55.9 Å². The van der Waals surface area contributed by atoms with E-state index >= 15 is 0 Å². The largest absolute Gasteiger partial charge is 0.309 e. The van der Waals surface area contributed by atoms with Crippen molar-refractivity contribution >= 4 is 55.8 Å². The summed E-state index contributed by atoms with van der Waals surface area (Å²) in [6.07, 6.45) is 3.10. The zero-order valence-electron chi connectivity index (χ0n) is 17.2. The number of thioether (sulfide) groups is 1. The number of hydrogen-bond acceptors (Lipinski definition) is 6. The van der Waals surface area contributed by atoms with Crippen molar-refractivity contribution < 1.29 is 0 Å². The maximum atomic E-state index is 13.3. The third-order valence-electron chi connectivity index (χ3n) is 5.75. The molecule has 1 aliphatic carbocycles. The van der Waals surface area contributed by atoms with Crippen LogP contribution < -0.4 is 11.1 Å². The van der Waals surface area contributed by atoms with Gasteiger partial charge in [0.2, 0.25) is 0 Å². The zero-order chi connectivity index (χ0) is 21.7. The van der Waals surface area contributed by atoms with E-state index in [4.69, 9.17) is 16.6 Å². The predicted molar refractivity (Wildman–Crippen MR) is 128 cm³/mol. The van der Waals surface area contributed by atoms with E-state index in [0.29, 0.717) is 45.1 Å². The Morgan fingerprint density at radius 2 is 2.16 bits per heavy atom. The van der Waals surface area contributed by atoms with Gasteiger partial charge in [-0.25, -0.2) is 9.97 Å². The first-order chi connectivity index (χ1) is 14.9. The molecule has 0 aliphatic heterocycles. The molecule has 3 heterocycles. The summed E-state index contributed by atoms with van der Waals surface area (Å²) in [5.74, 6) is 1.60. The van der Waals surface area contributed by atoms with Crippen LogP contribution in [0, 0.1) is 5.92 Å². The first kappa shape index (κ1) is 20.7. The van der Waals surface area contributed by atoms with Gasteiger partial charge in [-0.1, -0.05) is 30.3 Å². The minimum absolute atomic E-state index is 0.0386.